The van der Waals surface area contributed by atoms with Gasteiger partial charge in [-0.2, -0.15) is 5.10 Å². The van der Waals surface area contributed by atoms with Gasteiger partial charge in [-0.05, 0) is 33.6 Å². The van der Waals surface area contributed by atoms with E-state index in [1.165, 1.54) is 0 Å². The molecule has 2 rings (SSSR count). The van der Waals surface area contributed by atoms with Gasteiger partial charge >= 0.3 is 0 Å². The van der Waals surface area contributed by atoms with Crippen molar-refractivity contribution in [1.82, 2.24) is 14.7 Å². The van der Waals surface area contributed by atoms with Gasteiger partial charge in [-0.3, -0.25) is 9.48 Å². The van der Waals surface area contributed by atoms with Crippen LogP contribution in [0.1, 0.15) is 50.2 Å². The average molecular weight is 301 g/mol. The lowest BCUT2D eigenvalue weighted by Gasteiger charge is -2.23. The van der Waals surface area contributed by atoms with Gasteiger partial charge in [-0.1, -0.05) is 6.92 Å². The van der Waals surface area contributed by atoms with Crippen LogP contribution in [0.4, 0.5) is 0 Å². The van der Waals surface area contributed by atoms with Crippen molar-refractivity contribution in [3.63, 3.8) is 0 Å². The number of aromatic nitrogens is 2. The second kappa shape index (κ2) is 6.14. The third-order valence-electron chi connectivity index (χ3n) is 3.58. The van der Waals surface area contributed by atoms with Crippen LogP contribution in [0.15, 0.2) is 6.20 Å². The molecule has 1 atom stereocenters. The maximum atomic E-state index is 12.5. The van der Waals surface area contributed by atoms with Crippen molar-refractivity contribution >= 4 is 18.3 Å². The minimum atomic E-state index is -0.106. The molecule has 0 radical (unpaired) electrons. The van der Waals surface area contributed by atoms with E-state index in [1.54, 1.807) is 6.20 Å². The fourth-order valence-corrected chi connectivity index (χ4v) is 2.61. The summed E-state index contributed by atoms with van der Waals surface area (Å²) < 4.78 is 1.95. The van der Waals surface area contributed by atoms with Crippen molar-refractivity contribution in [3.05, 3.63) is 17.5 Å². The number of hydrogen-bond donors (Lipinski definition) is 1. The van der Waals surface area contributed by atoms with Crippen molar-refractivity contribution in [2.45, 2.75) is 52.1 Å². The van der Waals surface area contributed by atoms with E-state index in [-0.39, 0.29) is 29.9 Å². The molecular weight excluding hydrogens is 276 g/mol. The maximum Gasteiger partial charge on any atom is 0.257 e. The minimum Gasteiger partial charge on any atom is -0.337 e. The van der Waals surface area contributed by atoms with Gasteiger partial charge in [-0.25, -0.2) is 0 Å². The molecule has 0 saturated carbocycles. The number of halogens is 1. The van der Waals surface area contributed by atoms with Crippen LogP contribution in [0.5, 0.6) is 0 Å². The summed E-state index contributed by atoms with van der Waals surface area (Å²) in [6.07, 6.45) is 3.40. The predicted octanol–water partition coefficient (Wildman–Crippen LogP) is 1.80. The summed E-state index contributed by atoms with van der Waals surface area (Å²) in [5, 5.41) is 4.41. The lowest BCUT2D eigenvalue weighted by molar-refractivity contribution is 0.0789. The number of hydrogen-bond acceptors (Lipinski definition) is 3. The van der Waals surface area contributed by atoms with E-state index in [0.29, 0.717) is 6.54 Å². The number of nitrogens with zero attached hydrogens (tertiary/aromatic N) is 3. The molecule has 6 heteroatoms. The van der Waals surface area contributed by atoms with E-state index in [9.17, 15) is 4.79 Å². The summed E-state index contributed by atoms with van der Waals surface area (Å²) in [4.78, 5) is 14.4. The van der Waals surface area contributed by atoms with Gasteiger partial charge < -0.3 is 10.6 Å². The van der Waals surface area contributed by atoms with Gasteiger partial charge in [0, 0.05) is 19.1 Å². The zero-order chi connectivity index (χ0) is 14.2. The second-order valence-corrected chi connectivity index (χ2v) is 6.24. The van der Waals surface area contributed by atoms with E-state index >= 15 is 0 Å². The quantitative estimate of drug-likeness (QED) is 0.906. The first kappa shape index (κ1) is 17.0. The Balaban J connectivity index is 0.00000200. The Bertz CT molecular complexity index is 478. The standard InChI is InChI=1S/C14H24N4O.ClH/c1-5-12-11(8-16-18(12)14(2,3)4)13(19)17-7-6-10(15)9-17;/h8,10H,5-7,9,15H2,1-4H3;1H/t10-;/m1./s1. The summed E-state index contributed by atoms with van der Waals surface area (Å²) in [6.45, 7) is 9.76. The molecule has 114 valence electrons. The number of carbonyl (C=O) groups excluding carboxylic acids is 1. The van der Waals surface area contributed by atoms with Crippen LogP contribution in [-0.2, 0) is 12.0 Å². The zero-order valence-electron chi connectivity index (χ0n) is 12.7. The Morgan fingerprint density at radius 3 is 2.60 bits per heavy atom. The number of nitrogens with two attached hydrogens (primary N) is 1. The molecule has 2 N–H and O–H groups in total. The van der Waals surface area contributed by atoms with Crippen molar-refractivity contribution in [1.29, 1.82) is 0 Å². The average Bonchev–Trinajstić information content (AvgIpc) is 2.92. The Morgan fingerprint density at radius 2 is 2.15 bits per heavy atom. The highest BCUT2D eigenvalue weighted by molar-refractivity contribution is 5.95. The Morgan fingerprint density at radius 1 is 1.50 bits per heavy atom. The highest BCUT2D eigenvalue weighted by Gasteiger charge is 2.29. The van der Waals surface area contributed by atoms with Crippen molar-refractivity contribution in [3.8, 4) is 0 Å². The lowest BCUT2D eigenvalue weighted by Crippen LogP contribution is -2.33. The Kier molecular flexibility index (Phi) is 5.21. The number of likely N-dealkylation sites (tertiary alicyclic amines) is 1. The summed E-state index contributed by atoms with van der Waals surface area (Å²) >= 11 is 0. The molecule has 0 bridgehead atoms. The first-order valence-electron chi connectivity index (χ1n) is 6.96. The summed E-state index contributed by atoms with van der Waals surface area (Å²) in [5.74, 6) is 0.0697. The molecule has 1 aromatic rings. The van der Waals surface area contributed by atoms with Crippen molar-refractivity contribution < 1.29 is 4.79 Å². The molecule has 5 nitrogen and oxygen atoms in total. The normalized spacial score (nSPS) is 19.1. The third kappa shape index (κ3) is 3.15. The van der Waals surface area contributed by atoms with E-state index in [2.05, 4.69) is 32.8 Å². The van der Waals surface area contributed by atoms with Crippen molar-refractivity contribution in [2.24, 2.45) is 5.73 Å². The van der Waals surface area contributed by atoms with Crippen molar-refractivity contribution in [2.75, 3.05) is 13.1 Å². The molecular formula is C14H25ClN4O. The van der Waals surface area contributed by atoms with Gasteiger partial charge in [0.05, 0.1) is 23.0 Å². The smallest absolute Gasteiger partial charge is 0.257 e. The van der Waals surface area contributed by atoms with Gasteiger partial charge in [0.1, 0.15) is 0 Å². The molecule has 1 aliphatic rings. The number of amides is 1. The first-order valence-corrected chi connectivity index (χ1v) is 6.96. The van der Waals surface area contributed by atoms with E-state index in [1.807, 2.05) is 9.58 Å². The van der Waals surface area contributed by atoms with Crippen LogP contribution >= 0.6 is 12.4 Å². The fourth-order valence-electron chi connectivity index (χ4n) is 2.61. The predicted molar refractivity (Wildman–Crippen MR) is 82.3 cm³/mol. The fraction of sp³-hybridized carbons (Fsp3) is 0.714. The largest absolute Gasteiger partial charge is 0.337 e. The van der Waals surface area contributed by atoms with Crippen LogP contribution in [0, 0.1) is 0 Å². The lowest BCUT2D eigenvalue weighted by atomic mass is 10.1. The minimum absolute atomic E-state index is 0. The highest BCUT2D eigenvalue weighted by Crippen LogP contribution is 2.22. The Labute approximate surface area is 126 Å². The topological polar surface area (TPSA) is 64.2 Å². The van der Waals surface area contributed by atoms with Crippen LogP contribution in [0.3, 0.4) is 0 Å². The molecule has 1 aliphatic heterocycles. The van der Waals surface area contributed by atoms with E-state index in [4.69, 9.17) is 5.73 Å². The molecule has 20 heavy (non-hydrogen) atoms. The van der Waals surface area contributed by atoms with Crippen LogP contribution < -0.4 is 5.73 Å². The summed E-state index contributed by atoms with van der Waals surface area (Å²) in [5.41, 5.74) is 7.51. The van der Waals surface area contributed by atoms with E-state index in [0.717, 1.165) is 30.6 Å². The van der Waals surface area contributed by atoms with E-state index < -0.39 is 0 Å². The number of carbonyl (C=O) groups is 1. The van der Waals surface area contributed by atoms with Crippen LogP contribution in [0.2, 0.25) is 0 Å². The first-order chi connectivity index (χ1) is 8.84. The molecule has 0 aliphatic carbocycles. The van der Waals surface area contributed by atoms with Crippen LogP contribution in [-0.4, -0.2) is 39.7 Å². The van der Waals surface area contributed by atoms with Gasteiger partial charge in [0.25, 0.3) is 5.91 Å². The molecule has 0 spiro atoms. The van der Waals surface area contributed by atoms with Gasteiger partial charge in [-0.15, -0.1) is 12.4 Å². The highest BCUT2D eigenvalue weighted by atomic mass is 35.5. The van der Waals surface area contributed by atoms with Gasteiger partial charge in [0.2, 0.25) is 0 Å². The zero-order valence-corrected chi connectivity index (χ0v) is 13.5. The molecule has 1 fully saturated rings. The monoisotopic (exact) mass is 300 g/mol. The molecule has 0 aromatic carbocycles. The van der Waals surface area contributed by atoms with Gasteiger partial charge in [0.15, 0.2) is 0 Å². The SMILES string of the molecule is CCc1c(C(=O)N2CC[C@@H](N)C2)cnn1C(C)(C)C.Cl. The van der Waals surface area contributed by atoms with Crippen LogP contribution in [0.25, 0.3) is 0 Å². The molecule has 0 unspecified atom stereocenters. The second-order valence-electron chi connectivity index (χ2n) is 6.24. The third-order valence-corrected chi connectivity index (χ3v) is 3.58. The summed E-state index contributed by atoms with van der Waals surface area (Å²) in [6, 6.07) is 0.117. The molecule has 2 heterocycles. The molecule has 1 aromatic heterocycles. The Hall–Kier alpha value is -1.07. The maximum absolute atomic E-state index is 12.5. The molecule has 1 saturated heterocycles. The number of rotatable bonds is 2. The molecule has 1 amide bonds. The summed E-state index contributed by atoms with van der Waals surface area (Å²) in [7, 11) is 0.